The molecule has 0 amide bonds. The van der Waals surface area contributed by atoms with Crippen LogP contribution in [0.4, 0.5) is 5.69 Å². The lowest BCUT2D eigenvalue weighted by Crippen LogP contribution is -1.98. The van der Waals surface area contributed by atoms with Crippen molar-refractivity contribution >= 4 is 5.69 Å². The van der Waals surface area contributed by atoms with Crippen LogP contribution >= 0.6 is 0 Å². The minimum absolute atomic E-state index is 0.809. The Bertz CT molecular complexity index is 331. The Morgan fingerprint density at radius 2 is 2.07 bits per heavy atom. The highest BCUT2D eigenvalue weighted by molar-refractivity contribution is 5.39. The minimum atomic E-state index is 0.809. The maximum atomic E-state index is 4.00. The molecule has 1 N–H and O–H groups in total. The first-order valence-corrected chi connectivity index (χ1v) is 4.54. The predicted molar refractivity (Wildman–Crippen MR) is 56.8 cm³/mol. The molecule has 0 aliphatic rings. The average molecular weight is 183 g/mol. The second kappa shape index (κ2) is 4.42. The minimum Gasteiger partial charge on any atom is -0.379 e. The standard InChI is InChI=1S/C12H11N2/c1-2-5-11(6-3-1)9-14-12-7-4-8-13-10-12/h1-6,8,10,14H,9H2. The van der Waals surface area contributed by atoms with E-state index in [4.69, 9.17) is 0 Å². The van der Waals surface area contributed by atoms with E-state index >= 15 is 0 Å². The van der Waals surface area contributed by atoms with E-state index in [1.54, 1.807) is 18.5 Å². The van der Waals surface area contributed by atoms with Gasteiger partial charge in [0.2, 0.25) is 0 Å². The summed E-state index contributed by atoms with van der Waals surface area (Å²) in [6.07, 6.45) is 3.48. The highest BCUT2D eigenvalue weighted by Crippen LogP contribution is 2.05. The zero-order valence-electron chi connectivity index (χ0n) is 7.77. The van der Waals surface area contributed by atoms with E-state index in [0.717, 1.165) is 12.2 Å². The molecule has 1 radical (unpaired) electrons. The molecule has 2 heteroatoms. The summed E-state index contributed by atoms with van der Waals surface area (Å²) >= 11 is 0. The Hall–Kier alpha value is -1.83. The van der Waals surface area contributed by atoms with Gasteiger partial charge in [0.15, 0.2) is 0 Å². The molecule has 0 saturated carbocycles. The van der Waals surface area contributed by atoms with Crippen LogP contribution in [0.1, 0.15) is 5.56 Å². The molecule has 2 rings (SSSR count). The van der Waals surface area contributed by atoms with Gasteiger partial charge in [-0.05, 0) is 11.6 Å². The van der Waals surface area contributed by atoms with Crippen molar-refractivity contribution in [2.24, 2.45) is 0 Å². The average Bonchev–Trinajstić information content (AvgIpc) is 2.29. The summed E-state index contributed by atoms with van der Waals surface area (Å²) in [4.78, 5) is 4.00. The topological polar surface area (TPSA) is 24.9 Å². The number of aromatic nitrogens is 1. The number of nitrogens with zero attached hydrogens (tertiary/aromatic N) is 1. The fourth-order valence-corrected chi connectivity index (χ4v) is 1.21. The van der Waals surface area contributed by atoms with Crippen molar-refractivity contribution in [3.8, 4) is 0 Å². The predicted octanol–water partition coefficient (Wildman–Crippen LogP) is 2.49. The van der Waals surface area contributed by atoms with Crippen LogP contribution in [0.2, 0.25) is 0 Å². The molecule has 0 saturated heterocycles. The van der Waals surface area contributed by atoms with Crippen molar-refractivity contribution in [2.45, 2.75) is 6.54 Å². The van der Waals surface area contributed by atoms with Gasteiger partial charge in [0.25, 0.3) is 0 Å². The Balaban J connectivity index is 1.96. The van der Waals surface area contributed by atoms with Gasteiger partial charge in [-0.25, -0.2) is 0 Å². The molecule has 0 atom stereocenters. The molecule has 0 bridgehead atoms. The number of anilines is 1. The number of hydrogen-bond acceptors (Lipinski definition) is 2. The van der Waals surface area contributed by atoms with E-state index in [1.165, 1.54) is 5.56 Å². The maximum absolute atomic E-state index is 4.00. The van der Waals surface area contributed by atoms with Crippen LogP contribution in [0, 0.1) is 6.07 Å². The monoisotopic (exact) mass is 183 g/mol. The molecular formula is C12H11N2. The second-order valence-corrected chi connectivity index (χ2v) is 2.99. The lowest BCUT2D eigenvalue weighted by atomic mass is 10.2. The number of benzene rings is 1. The number of pyridine rings is 1. The van der Waals surface area contributed by atoms with Gasteiger partial charge in [0.05, 0.1) is 11.9 Å². The molecule has 2 aromatic rings. The lowest BCUT2D eigenvalue weighted by molar-refractivity contribution is 1.14. The molecule has 1 aromatic heterocycles. The molecule has 1 aromatic carbocycles. The summed E-state index contributed by atoms with van der Waals surface area (Å²) in [5, 5.41) is 3.24. The highest BCUT2D eigenvalue weighted by Gasteiger charge is 1.91. The Morgan fingerprint density at radius 3 is 2.79 bits per heavy atom. The fraction of sp³-hybridized carbons (Fsp3) is 0.0833. The van der Waals surface area contributed by atoms with Gasteiger partial charge < -0.3 is 5.32 Å². The van der Waals surface area contributed by atoms with Crippen LogP contribution in [-0.2, 0) is 6.54 Å². The van der Waals surface area contributed by atoms with Crippen molar-refractivity contribution in [3.63, 3.8) is 0 Å². The normalized spacial score (nSPS) is 9.71. The van der Waals surface area contributed by atoms with Gasteiger partial charge in [-0.3, -0.25) is 4.98 Å². The van der Waals surface area contributed by atoms with E-state index in [9.17, 15) is 0 Å². The van der Waals surface area contributed by atoms with Gasteiger partial charge in [-0.15, -0.1) is 0 Å². The highest BCUT2D eigenvalue weighted by atomic mass is 14.9. The van der Waals surface area contributed by atoms with E-state index in [0.29, 0.717) is 0 Å². The van der Waals surface area contributed by atoms with Gasteiger partial charge in [-0.2, -0.15) is 0 Å². The van der Waals surface area contributed by atoms with Crippen LogP contribution in [0.25, 0.3) is 0 Å². The Morgan fingerprint density at radius 1 is 1.21 bits per heavy atom. The molecule has 1 heterocycles. The van der Waals surface area contributed by atoms with Crippen LogP contribution in [0.3, 0.4) is 0 Å². The third-order valence-electron chi connectivity index (χ3n) is 1.93. The van der Waals surface area contributed by atoms with Crippen LogP contribution in [-0.4, -0.2) is 4.98 Å². The summed E-state index contributed by atoms with van der Waals surface area (Å²) in [5.41, 5.74) is 2.18. The van der Waals surface area contributed by atoms with Gasteiger partial charge in [-0.1, -0.05) is 30.3 Å². The molecule has 0 unspecified atom stereocenters. The molecular weight excluding hydrogens is 172 g/mol. The molecule has 0 fully saturated rings. The lowest BCUT2D eigenvalue weighted by Gasteiger charge is -2.04. The smallest absolute Gasteiger partial charge is 0.0609 e. The zero-order chi connectivity index (χ0) is 9.64. The van der Waals surface area contributed by atoms with Crippen molar-refractivity contribution in [2.75, 3.05) is 5.32 Å². The van der Waals surface area contributed by atoms with E-state index < -0.39 is 0 Å². The zero-order valence-corrected chi connectivity index (χ0v) is 7.77. The molecule has 0 aliphatic heterocycles. The molecule has 69 valence electrons. The SMILES string of the molecule is [c]1ccncc1NCc1ccccc1. The van der Waals surface area contributed by atoms with Crippen LogP contribution < -0.4 is 5.32 Å². The molecule has 0 spiro atoms. The molecule has 14 heavy (non-hydrogen) atoms. The largest absolute Gasteiger partial charge is 0.379 e. The first-order chi connectivity index (χ1) is 6.95. The number of rotatable bonds is 3. The first kappa shape index (κ1) is 8.75. The van der Waals surface area contributed by atoms with Gasteiger partial charge in [0, 0.05) is 18.8 Å². The Kier molecular flexibility index (Phi) is 2.76. The summed E-state index contributed by atoms with van der Waals surface area (Å²) in [7, 11) is 0. The summed E-state index contributed by atoms with van der Waals surface area (Å²) in [6.45, 7) is 0.809. The summed E-state index contributed by atoms with van der Waals surface area (Å²) in [6, 6.07) is 15.1. The third kappa shape index (κ3) is 2.33. The van der Waals surface area contributed by atoms with Crippen LogP contribution in [0.5, 0.6) is 0 Å². The Labute approximate surface area is 83.6 Å². The fourth-order valence-electron chi connectivity index (χ4n) is 1.21. The van der Waals surface area contributed by atoms with Crippen molar-refractivity contribution in [1.82, 2.24) is 4.98 Å². The van der Waals surface area contributed by atoms with Crippen LogP contribution in [0.15, 0.2) is 48.8 Å². The second-order valence-electron chi connectivity index (χ2n) is 2.99. The molecule has 0 aliphatic carbocycles. The van der Waals surface area contributed by atoms with Gasteiger partial charge >= 0.3 is 0 Å². The van der Waals surface area contributed by atoms with E-state index in [2.05, 4.69) is 28.5 Å². The number of nitrogens with one attached hydrogen (secondary N) is 1. The van der Waals surface area contributed by atoms with E-state index in [-0.39, 0.29) is 0 Å². The van der Waals surface area contributed by atoms with Crippen molar-refractivity contribution < 1.29 is 0 Å². The van der Waals surface area contributed by atoms with Crippen molar-refractivity contribution in [1.29, 1.82) is 0 Å². The first-order valence-electron chi connectivity index (χ1n) is 4.54. The summed E-state index contributed by atoms with van der Waals surface area (Å²) < 4.78 is 0. The molecule has 2 nitrogen and oxygen atoms in total. The summed E-state index contributed by atoms with van der Waals surface area (Å²) in [5.74, 6) is 0. The van der Waals surface area contributed by atoms with Gasteiger partial charge in [0.1, 0.15) is 0 Å². The maximum Gasteiger partial charge on any atom is 0.0609 e. The van der Waals surface area contributed by atoms with E-state index in [1.807, 2.05) is 18.2 Å². The number of hydrogen-bond donors (Lipinski definition) is 1. The quantitative estimate of drug-likeness (QED) is 0.790. The van der Waals surface area contributed by atoms with Crippen molar-refractivity contribution in [3.05, 3.63) is 60.4 Å². The third-order valence-corrected chi connectivity index (χ3v) is 1.93.